The number of nitrogens with two attached hydrogens (primary N) is 1. The van der Waals surface area contributed by atoms with Gasteiger partial charge >= 0.3 is 0 Å². The lowest BCUT2D eigenvalue weighted by Gasteiger charge is -2.56. The fraction of sp³-hybridized carbons (Fsp3) is 0.556. The van der Waals surface area contributed by atoms with Crippen LogP contribution in [0.4, 0.5) is 0 Å². The van der Waals surface area contributed by atoms with Gasteiger partial charge in [-0.25, -0.2) is 0 Å². The number of nitrogens with zero attached hydrogens (tertiary/aromatic N) is 1. The normalized spacial score (nSPS) is 26.5. The van der Waals surface area contributed by atoms with Crippen LogP contribution in [0.5, 0.6) is 0 Å². The van der Waals surface area contributed by atoms with E-state index in [9.17, 15) is 5.11 Å². The first-order valence-electron chi connectivity index (χ1n) is 8.24. The zero-order chi connectivity index (χ0) is 15.6. The summed E-state index contributed by atoms with van der Waals surface area (Å²) in [4.78, 5) is 2.09. The van der Waals surface area contributed by atoms with Gasteiger partial charge in [0.15, 0.2) is 0 Å². The van der Waals surface area contributed by atoms with Gasteiger partial charge in [-0.15, -0.1) is 0 Å². The van der Waals surface area contributed by atoms with E-state index in [1.54, 1.807) is 0 Å². The second kappa shape index (κ2) is 6.41. The van der Waals surface area contributed by atoms with Crippen molar-refractivity contribution in [2.75, 3.05) is 26.3 Å². The monoisotopic (exact) mass is 301 g/mol. The van der Waals surface area contributed by atoms with E-state index in [1.165, 1.54) is 0 Å². The zero-order valence-electron chi connectivity index (χ0n) is 13.2. The number of aliphatic hydroxyl groups excluding tert-OH is 1. The molecule has 1 spiro atoms. The zero-order valence-corrected chi connectivity index (χ0v) is 13.2. The Balaban J connectivity index is 1.61. The summed E-state index contributed by atoms with van der Waals surface area (Å²) in [5.74, 6) is 0.308. The second-order valence-corrected chi connectivity index (χ2v) is 6.74. The van der Waals surface area contributed by atoms with E-state index in [2.05, 4.69) is 28.9 Å². The van der Waals surface area contributed by atoms with Gasteiger partial charge in [0.05, 0.1) is 12.8 Å². The molecule has 1 aromatic rings. The van der Waals surface area contributed by atoms with Gasteiger partial charge in [-0.05, 0) is 43.3 Å². The largest absolute Gasteiger partial charge is 0.392 e. The van der Waals surface area contributed by atoms with Crippen LogP contribution < -0.4 is 11.1 Å². The van der Waals surface area contributed by atoms with Crippen LogP contribution in [0.3, 0.4) is 0 Å². The van der Waals surface area contributed by atoms with Crippen LogP contribution in [0.25, 0.3) is 5.70 Å². The molecule has 1 heterocycles. The average Bonchev–Trinajstić information content (AvgIpc) is 2.59. The molecule has 4 nitrogen and oxygen atoms in total. The van der Waals surface area contributed by atoms with E-state index in [1.807, 2.05) is 18.2 Å². The Morgan fingerprint density at radius 2 is 2.00 bits per heavy atom. The fourth-order valence-corrected chi connectivity index (χ4v) is 4.07. The van der Waals surface area contributed by atoms with Gasteiger partial charge in [0.1, 0.15) is 0 Å². The molecule has 120 valence electrons. The summed E-state index contributed by atoms with van der Waals surface area (Å²) in [6.07, 6.45) is 3.08. The molecule has 2 unspecified atom stereocenters. The summed E-state index contributed by atoms with van der Waals surface area (Å²) in [7, 11) is 0. The molecule has 1 aliphatic heterocycles. The number of piperidine rings is 1. The minimum Gasteiger partial charge on any atom is -0.392 e. The van der Waals surface area contributed by atoms with Crippen molar-refractivity contribution in [3.63, 3.8) is 0 Å². The van der Waals surface area contributed by atoms with Crippen LogP contribution in [0, 0.1) is 11.3 Å². The van der Waals surface area contributed by atoms with E-state index in [-0.39, 0.29) is 11.5 Å². The Hall–Kier alpha value is -1.36. The summed E-state index contributed by atoms with van der Waals surface area (Å²) in [5, 5.41) is 14.0. The molecule has 0 bridgehead atoms. The average molecular weight is 301 g/mol. The minimum atomic E-state index is -0.202. The van der Waals surface area contributed by atoms with Crippen molar-refractivity contribution in [3.8, 4) is 0 Å². The lowest BCUT2D eigenvalue weighted by Crippen LogP contribution is -2.59. The Labute approximate surface area is 133 Å². The quantitative estimate of drug-likeness (QED) is 0.723. The number of hydrogen-bond donors (Lipinski definition) is 3. The maximum atomic E-state index is 10.7. The molecule has 1 saturated carbocycles. The molecule has 22 heavy (non-hydrogen) atoms. The van der Waals surface area contributed by atoms with Gasteiger partial charge < -0.3 is 21.1 Å². The highest BCUT2D eigenvalue weighted by Gasteiger charge is 2.53. The Kier molecular flexibility index (Phi) is 4.52. The summed E-state index contributed by atoms with van der Waals surface area (Å²) in [6.45, 7) is 7.48. The third-order valence-corrected chi connectivity index (χ3v) is 5.51. The molecule has 0 aromatic heterocycles. The van der Waals surface area contributed by atoms with Crippen LogP contribution in [-0.2, 0) is 0 Å². The summed E-state index contributed by atoms with van der Waals surface area (Å²) >= 11 is 0. The van der Waals surface area contributed by atoms with Gasteiger partial charge in [-0.2, -0.15) is 0 Å². The molecule has 1 aliphatic carbocycles. The lowest BCUT2D eigenvalue weighted by molar-refractivity contribution is -0.139. The molecule has 0 radical (unpaired) electrons. The molecule has 2 fully saturated rings. The fourth-order valence-electron chi connectivity index (χ4n) is 4.07. The number of hydrogen-bond acceptors (Lipinski definition) is 4. The summed E-state index contributed by atoms with van der Waals surface area (Å²) in [5.41, 5.74) is 8.13. The van der Waals surface area contributed by atoms with E-state index < -0.39 is 0 Å². The van der Waals surface area contributed by atoms with E-state index in [4.69, 9.17) is 5.73 Å². The molecule has 2 aliphatic rings. The first kappa shape index (κ1) is 15.5. The predicted octanol–water partition coefficient (Wildman–Crippen LogP) is 1.63. The van der Waals surface area contributed by atoms with Gasteiger partial charge in [0.25, 0.3) is 0 Å². The van der Waals surface area contributed by atoms with E-state index in [0.717, 1.165) is 50.2 Å². The van der Waals surface area contributed by atoms with Gasteiger partial charge in [-0.3, -0.25) is 0 Å². The number of nitrogens with one attached hydrogen (secondary N) is 1. The Bertz CT molecular complexity index is 510. The third-order valence-electron chi connectivity index (χ3n) is 5.51. The van der Waals surface area contributed by atoms with Crippen molar-refractivity contribution in [2.24, 2.45) is 17.1 Å². The molecule has 1 saturated heterocycles. The predicted molar refractivity (Wildman–Crippen MR) is 89.9 cm³/mol. The van der Waals surface area contributed by atoms with Gasteiger partial charge in [0, 0.05) is 18.2 Å². The highest BCUT2D eigenvalue weighted by Crippen LogP contribution is 2.52. The van der Waals surface area contributed by atoms with Crippen molar-refractivity contribution in [3.05, 3.63) is 42.5 Å². The SMILES string of the molecule is C=C(c1ccccc1)N(CN)CC1CC2(CCNCC2)C1O. The first-order chi connectivity index (χ1) is 10.7. The van der Waals surface area contributed by atoms with Crippen LogP contribution in [-0.4, -0.2) is 42.4 Å². The van der Waals surface area contributed by atoms with Crippen molar-refractivity contribution in [2.45, 2.75) is 25.4 Å². The Morgan fingerprint density at radius 3 is 2.59 bits per heavy atom. The lowest BCUT2D eigenvalue weighted by atomic mass is 9.55. The van der Waals surface area contributed by atoms with Crippen molar-refractivity contribution in [1.82, 2.24) is 10.2 Å². The molecule has 2 atom stereocenters. The number of benzene rings is 1. The molecule has 3 rings (SSSR count). The summed E-state index contributed by atoms with van der Waals surface area (Å²) in [6, 6.07) is 10.1. The molecule has 4 heteroatoms. The summed E-state index contributed by atoms with van der Waals surface area (Å²) < 4.78 is 0. The third kappa shape index (κ3) is 2.78. The minimum absolute atomic E-state index is 0.157. The highest BCUT2D eigenvalue weighted by atomic mass is 16.3. The number of rotatable bonds is 5. The topological polar surface area (TPSA) is 61.5 Å². The van der Waals surface area contributed by atoms with Crippen molar-refractivity contribution >= 4 is 5.70 Å². The van der Waals surface area contributed by atoms with Crippen molar-refractivity contribution < 1.29 is 5.11 Å². The van der Waals surface area contributed by atoms with Crippen LogP contribution in [0.1, 0.15) is 24.8 Å². The molecule has 1 aromatic carbocycles. The van der Waals surface area contributed by atoms with E-state index >= 15 is 0 Å². The highest BCUT2D eigenvalue weighted by molar-refractivity contribution is 5.61. The maximum absolute atomic E-state index is 10.7. The van der Waals surface area contributed by atoms with Crippen LogP contribution >= 0.6 is 0 Å². The van der Waals surface area contributed by atoms with Gasteiger partial charge in [0.2, 0.25) is 0 Å². The van der Waals surface area contributed by atoms with Crippen LogP contribution in [0.2, 0.25) is 0 Å². The van der Waals surface area contributed by atoms with Gasteiger partial charge in [-0.1, -0.05) is 36.9 Å². The second-order valence-electron chi connectivity index (χ2n) is 6.74. The van der Waals surface area contributed by atoms with E-state index in [0.29, 0.717) is 12.6 Å². The van der Waals surface area contributed by atoms with Crippen LogP contribution in [0.15, 0.2) is 36.9 Å². The smallest absolute Gasteiger partial charge is 0.0657 e. The number of aliphatic hydroxyl groups is 1. The Morgan fingerprint density at radius 1 is 1.32 bits per heavy atom. The first-order valence-corrected chi connectivity index (χ1v) is 8.24. The molecule has 4 N–H and O–H groups in total. The van der Waals surface area contributed by atoms with Crippen molar-refractivity contribution in [1.29, 1.82) is 0 Å². The maximum Gasteiger partial charge on any atom is 0.0657 e. The molecular weight excluding hydrogens is 274 g/mol. The molecular formula is C18H27N3O. The molecule has 0 amide bonds. The standard InChI is InChI=1S/C18H27N3O/c1-14(15-5-3-2-4-6-15)21(13-19)12-16-11-18(17(16)22)7-9-20-10-8-18/h2-6,16-17,20,22H,1,7-13,19H2.